The number of hydrogen-bond acceptors (Lipinski definition) is 7. The van der Waals surface area contributed by atoms with E-state index in [0.29, 0.717) is 58.7 Å². The number of aryl methyl sites for hydroxylation is 1. The number of fused-ring (bicyclic) bond motifs is 1. The number of rotatable bonds is 12. The molecule has 0 saturated carbocycles. The van der Waals surface area contributed by atoms with E-state index < -0.39 is 5.60 Å². The predicted octanol–water partition coefficient (Wildman–Crippen LogP) is 5.99. The van der Waals surface area contributed by atoms with Crippen LogP contribution in [0.3, 0.4) is 0 Å². The van der Waals surface area contributed by atoms with E-state index in [4.69, 9.17) is 24.2 Å². The Balaban J connectivity index is 1.49. The van der Waals surface area contributed by atoms with Crippen molar-refractivity contribution in [1.29, 1.82) is 5.26 Å². The Labute approximate surface area is 255 Å². The van der Waals surface area contributed by atoms with Gasteiger partial charge >= 0.3 is 6.09 Å². The third kappa shape index (κ3) is 9.19. The summed E-state index contributed by atoms with van der Waals surface area (Å²) in [5.74, 6) is 0.986. The fraction of sp³-hybridized carbons (Fsp3) is 0.559. The van der Waals surface area contributed by atoms with Crippen LogP contribution in [-0.2, 0) is 32.0 Å². The summed E-state index contributed by atoms with van der Waals surface area (Å²) < 4.78 is 23.2. The fourth-order valence-electron chi connectivity index (χ4n) is 5.60. The lowest BCUT2D eigenvalue weighted by Crippen LogP contribution is -2.48. The second-order valence-corrected chi connectivity index (χ2v) is 12.2. The molecule has 0 spiro atoms. The first kappa shape index (κ1) is 32.3. The molecule has 43 heavy (non-hydrogen) atoms. The quantitative estimate of drug-likeness (QED) is 0.279. The highest BCUT2D eigenvalue weighted by Gasteiger charge is 2.35. The largest absolute Gasteiger partial charge is 0.494 e. The summed E-state index contributed by atoms with van der Waals surface area (Å²) in [5, 5.41) is 8.74. The summed E-state index contributed by atoms with van der Waals surface area (Å²) in [6.07, 6.45) is 3.35. The van der Waals surface area contributed by atoms with Crippen molar-refractivity contribution in [1.82, 2.24) is 4.90 Å². The molecule has 2 unspecified atom stereocenters. The zero-order chi connectivity index (χ0) is 30.8. The lowest BCUT2D eigenvalue weighted by atomic mass is 9.87. The first-order valence-corrected chi connectivity index (χ1v) is 15.3. The van der Waals surface area contributed by atoms with Crippen molar-refractivity contribution in [3.63, 3.8) is 0 Å². The van der Waals surface area contributed by atoms with Crippen LogP contribution in [-0.4, -0.2) is 68.6 Å². The van der Waals surface area contributed by atoms with E-state index in [9.17, 15) is 9.59 Å². The first-order valence-electron chi connectivity index (χ1n) is 15.3. The number of benzene rings is 2. The van der Waals surface area contributed by atoms with Gasteiger partial charge in [-0.25, -0.2) is 4.79 Å². The van der Waals surface area contributed by atoms with Gasteiger partial charge in [-0.15, -0.1) is 0 Å². The smallest absolute Gasteiger partial charge is 0.410 e. The average Bonchev–Trinajstić information content (AvgIpc) is 2.99. The number of unbranched alkanes of at least 4 members (excludes halogenated alkanes) is 1. The van der Waals surface area contributed by atoms with E-state index in [2.05, 4.69) is 36.4 Å². The standard InChI is InChI=1S/C34H45N3O6/c1-34(2,3)43-33(39)36-19-16-29(26-10-13-28(14-11-26)41-21-6-5-17-35)31(23-36)42-24-25-8-9-27-12-15-32(38)37(30(27)22-25)18-7-20-40-4/h8-11,13-14,22,29,31H,5-7,12,15-16,18-21,23-24H2,1-4H3. The van der Waals surface area contributed by atoms with Crippen molar-refractivity contribution >= 4 is 17.7 Å². The maximum Gasteiger partial charge on any atom is 0.410 e. The molecule has 2 amide bonds. The number of nitrogens with zero attached hydrogens (tertiary/aromatic N) is 3. The topological polar surface area (TPSA) is 101 Å². The van der Waals surface area contributed by atoms with Crippen LogP contribution in [0.15, 0.2) is 42.5 Å². The highest BCUT2D eigenvalue weighted by Crippen LogP contribution is 2.34. The summed E-state index contributed by atoms with van der Waals surface area (Å²) >= 11 is 0. The van der Waals surface area contributed by atoms with Crippen LogP contribution in [0.5, 0.6) is 5.75 Å². The number of anilines is 1. The third-order valence-electron chi connectivity index (χ3n) is 7.76. The van der Waals surface area contributed by atoms with Gasteiger partial charge in [0.1, 0.15) is 11.4 Å². The van der Waals surface area contributed by atoms with E-state index >= 15 is 0 Å². The average molecular weight is 592 g/mol. The second kappa shape index (κ2) is 15.2. The van der Waals surface area contributed by atoms with Crippen molar-refractivity contribution in [3.8, 4) is 11.8 Å². The molecule has 0 aliphatic carbocycles. The van der Waals surface area contributed by atoms with E-state index in [1.807, 2.05) is 37.8 Å². The van der Waals surface area contributed by atoms with Crippen LogP contribution < -0.4 is 9.64 Å². The molecule has 0 bridgehead atoms. The van der Waals surface area contributed by atoms with Crippen LogP contribution in [0.2, 0.25) is 0 Å². The number of ether oxygens (including phenoxy) is 4. The summed E-state index contributed by atoms with van der Waals surface area (Å²) in [7, 11) is 1.67. The first-order chi connectivity index (χ1) is 20.7. The van der Waals surface area contributed by atoms with E-state index in [1.54, 1.807) is 12.0 Å². The zero-order valence-electron chi connectivity index (χ0n) is 26.0. The maximum atomic E-state index is 13.0. The molecular weight excluding hydrogens is 546 g/mol. The number of piperidine rings is 1. The monoisotopic (exact) mass is 591 g/mol. The normalized spacial score (nSPS) is 18.6. The Morgan fingerprint density at radius 1 is 1.07 bits per heavy atom. The number of amides is 2. The molecule has 1 saturated heterocycles. The molecule has 1 fully saturated rings. The van der Waals surface area contributed by atoms with Gasteiger partial charge in [-0.2, -0.15) is 5.26 Å². The van der Waals surface area contributed by atoms with Gasteiger partial charge in [-0.1, -0.05) is 24.3 Å². The van der Waals surface area contributed by atoms with Gasteiger partial charge in [0, 0.05) is 51.3 Å². The zero-order valence-corrected chi connectivity index (χ0v) is 26.0. The Kier molecular flexibility index (Phi) is 11.4. The molecule has 4 rings (SSSR count). The molecule has 232 valence electrons. The van der Waals surface area contributed by atoms with Gasteiger partial charge < -0.3 is 28.7 Å². The number of likely N-dealkylation sites (tertiary alicyclic amines) is 1. The van der Waals surface area contributed by atoms with E-state index in [0.717, 1.165) is 41.8 Å². The van der Waals surface area contributed by atoms with Gasteiger partial charge in [-0.3, -0.25) is 4.79 Å². The van der Waals surface area contributed by atoms with Gasteiger partial charge in [0.25, 0.3) is 0 Å². The number of methoxy groups -OCH3 is 1. The summed E-state index contributed by atoms with van der Waals surface area (Å²) in [6.45, 7) is 8.69. The Morgan fingerprint density at radius 2 is 1.86 bits per heavy atom. The van der Waals surface area contributed by atoms with Gasteiger partial charge in [0.05, 0.1) is 31.9 Å². The van der Waals surface area contributed by atoms with Crippen LogP contribution in [0.25, 0.3) is 0 Å². The second-order valence-electron chi connectivity index (χ2n) is 12.2. The molecule has 9 heteroatoms. The van der Waals surface area contributed by atoms with Crippen molar-refractivity contribution in [3.05, 3.63) is 59.2 Å². The number of nitriles is 1. The minimum absolute atomic E-state index is 0.0797. The summed E-state index contributed by atoms with van der Waals surface area (Å²) in [6, 6.07) is 16.4. The third-order valence-corrected chi connectivity index (χ3v) is 7.76. The molecule has 2 aromatic carbocycles. The van der Waals surface area contributed by atoms with Gasteiger partial charge in [-0.05, 0) is 81.3 Å². The molecule has 2 aliphatic rings. The summed E-state index contributed by atoms with van der Waals surface area (Å²) in [5.41, 5.74) is 3.65. The number of carbonyl (C=O) groups excluding carboxylic acids is 2. The lowest BCUT2D eigenvalue weighted by molar-refractivity contribution is -0.118. The highest BCUT2D eigenvalue weighted by molar-refractivity contribution is 5.96. The molecular formula is C34H45N3O6. The minimum atomic E-state index is -0.580. The Bertz CT molecular complexity index is 1270. The fourth-order valence-corrected chi connectivity index (χ4v) is 5.60. The number of hydrogen-bond donors (Lipinski definition) is 0. The van der Waals surface area contributed by atoms with Gasteiger partial charge in [0.15, 0.2) is 0 Å². The van der Waals surface area contributed by atoms with Crippen molar-refractivity contribution in [2.45, 2.75) is 83.5 Å². The molecule has 0 aromatic heterocycles. The van der Waals surface area contributed by atoms with E-state index in [1.165, 1.54) is 5.56 Å². The van der Waals surface area contributed by atoms with Crippen LogP contribution in [0.1, 0.15) is 75.5 Å². The predicted molar refractivity (Wildman–Crippen MR) is 164 cm³/mol. The van der Waals surface area contributed by atoms with Crippen LogP contribution in [0, 0.1) is 11.3 Å². The molecule has 2 atom stereocenters. The lowest BCUT2D eigenvalue weighted by Gasteiger charge is -2.39. The van der Waals surface area contributed by atoms with Gasteiger partial charge in [0.2, 0.25) is 5.91 Å². The Hall–Kier alpha value is -3.61. The Morgan fingerprint density at radius 3 is 2.58 bits per heavy atom. The minimum Gasteiger partial charge on any atom is -0.494 e. The highest BCUT2D eigenvalue weighted by atomic mass is 16.6. The summed E-state index contributed by atoms with van der Waals surface area (Å²) in [4.78, 5) is 29.3. The van der Waals surface area contributed by atoms with Crippen LogP contribution in [0.4, 0.5) is 10.5 Å². The molecule has 9 nitrogen and oxygen atoms in total. The molecule has 0 N–H and O–H groups in total. The molecule has 2 heterocycles. The van der Waals surface area contributed by atoms with Crippen LogP contribution >= 0.6 is 0 Å². The van der Waals surface area contributed by atoms with Crippen molar-refractivity contribution in [2.75, 3.05) is 44.9 Å². The molecule has 0 radical (unpaired) electrons. The molecule has 2 aliphatic heterocycles. The van der Waals surface area contributed by atoms with Crippen molar-refractivity contribution < 1.29 is 28.5 Å². The SMILES string of the molecule is COCCCN1C(=O)CCc2ccc(COC3CN(C(=O)OC(C)(C)C)CCC3c3ccc(OCCCC#N)cc3)cc21. The number of carbonyl (C=O) groups is 2. The van der Waals surface area contributed by atoms with E-state index in [-0.39, 0.29) is 24.0 Å². The molecule has 2 aromatic rings. The van der Waals surface area contributed by atoms with Crippen molar-refractivity contribution in [2.24, 2.45) is 0 Å². The maximum absolute atomic E-state index is 13.0.